The average Bonchev–Trinajstić information content (AvgIpc) is 3.73. The predicted molar refractivity (Wildman–Crippen MR) is 220 cm³/mol. The highest BCUT2D eigenvalue weighted by molar-refractivity contribution is 7.89. The highest BCUT2D eigenvalue weighted by Crippen LogP contribution is 2.45. The van der Waals surface area contributed by atoms with Gasteiger partial charge in [0.05, 0.1) is 30.2 Å². The van der Waals surface area contributed by atoms with Gasteiger partial charge >= 0.3 is 0 Å². The minimum absolute atomic E-state index is 0.00113. The van der Waals surface area contributed by atoms with Gasteiger partial charge in [0.25, 0.3) is 17.4 Å². The Kier molecular flexibility index (Phi) is 10.9. The molecule has 0 saturated carbocycles. The quantitative estimate of drug-likeness (QED) is 0.106. The number of aromatic nitrogens is 3. The Labute approximate surface area is 343 Å². The molecule has 3 aliphatic heterocycles. The van der Waals surface area contributed by atoms with Gasteiger partial charge in [-0.15, -0.1) is 0 Å². The number of hydrogen-bond donors (Lipinski definition) is 5. The lowest BCUT2D eigenvalue weighted by Gasteiger charge is -2.35. The van der Waals surface area contributed by atoms with Crippen LogP contribution in [0, 0.1) is 11.6 Å². The number of anilines is 3. The Bertz CT molecular complexity index is 2740. The minimum Gasteiger partial charge on any atom is -0.385 e. The maximum atomic E-state index is 15.5. The van der Waals surface area contributed by atoms with Gasteiger partial charge in [-0.05, 0) is 54.7 Å². The number of nitrogens with zero attached hydrogens (tertiary/aromatic N) is 4. The molecule has 5 aromatic rings. The Morgan fingerprint density at radius 3 is 2.55 bits per heavy atom. The summed E-state index contributed by atoms with van der Waals surface area (Å²) in [5.74, 6) is -3.45. The van der Waals surface area contributed by atoms with Crippen LogP contribution in [0.15, 0.2) is 59.8 Å². The lowest BCUT2D eigenvalue weighted by Crippen LogP contribution is -2.55. The number of pyridine rings is 2. The molecule has 0 spiro atoms. The zero-order chi connectivity index (χ0) is 42.5. The maximum Gasteiger partial charge on any atom is 0.274 e. The van der Waals surface area contributed by atoms with Gasteiger partial charge in [-0.3, -0.25) is 19.2 Å². The van der Waals surface area contributed by atoms with Gasteiger partial charge < -0.3 is 40.4 Å². The van der Waals surface area contributed by atoms with Crippen molar-refractivity contribution in [1.29, 1.82) is 0 Å². The van der Waals surface area contributed by atoms with Crippen LogP contribution in [0.3, 0.4) is 0 Å². The van der Waals surface area contributed by atoms with Crippen molar-refractivity contribution in [3.05, 3.63) is 105 Å². The molecule has 314 valence electrons. The molecule has 3 aromatic heterocycles. The standard InChI is InChI=1S/C42H44F2N8O7S/c1-50-20-30-28-14-23(22-60(2,58)59)27(16-34(28)51(38-31(44)15-25(43)18-48-38)19-24-17-47-37(36(24)30)42(50)57)39(54)46-13-6-4-3-5-12-45-32-9-7-8-26-29(32)21-52(41(26)56)33-10-11-35(53)49-40(33)55/h7-9,14-18,20,33,40,45,47,55H,3-6,10-13,19,21-22H2,1-2H3,(H,46,54)(H,49,53). The minimum atomic E-state index is -3.66. The number of aromatic amines is 1. The third-order valence-corrected chi connectivity index (χ3v) is 12.2. The fourth-order valence-electron chi connectivity index (χ4n) is 8.51. The molecular weight excluding hydrogens is 799 g/mol. The number of unbranched alkanes of at least 4 members (excludes halogenated alkanes) is 3. The molecule has 18 heteroatoms. The number of aliphatic hydroxyl groups excluding tert-OH is 1. The number of rotatable bonds is 13. The van der Waals surface area contributed by atoms with E-state index in [1.165, 1.54) is 15.5 Å². The number of carbonyl (C=O) groups excluding carboxylic acids is 3. The number of benzene rings is 2. The van der Waals surface area contributed by atoms with Crippen LogP contribution < -0.4 is 26.4 Å². The molecular formula is C42H44F2N8O7S. The fourth-order valence-corrected chi connectivity index (χ4v) is 9.31. The Balaban J connectivity index is 0.950. The predicted octanol–water partition coefficient (Wildman–Crippen LogP) is 4.36. The van der Waals surface area contributed by atoms with Gasteiger partial charge in [-0.2, -0.15) is 0 Å². The van der Waals surface area contributed by atoms with E-state index in [9.17, 15) is 37.1 Å². The second-order valence-electron chi connectivity index (χ2n) is 15.6. The van der Waals surface area contributed by atoms with Gasteiger partial charge in [-0.1, -0.05) is 18.9 Å². The summed E-state index contributed by atoms with van der Waals surface area (Å²) >= 11 is 0. The van der Waals surface area contributed by atoms with Crippen LogP contribution in [-0.4, -0.2) is 82.3 Å². The Hall–Kier alpha value is -6.14. The van der Waals surface area contributed by atoms with Gasteiger partial charge in [0, 0.05) is 96.7 Å². The second kappa shape index (κ2) is 16.1. The molecule has 6 heterocycles. The summed E-state index contributed by atoms with van der Waals surface area (Å²) in [6, 6.07) is 8.80. The Morgan fingerprint density at radius 1 is 1.02 bits per heavy atom. The topological polar surface area (TPSA) is 199 Å². The fraction of sp³-hybridized carbons (Fsp3) is 0.357. The third kappa shape index (κ3) is 7.83. The van der Waals surface area contributed by atoms with E-state index in [4.69, 9.17) is 0 Å². The summed E-state index contributed by atoms with van der Waals surface area (Å²) < 4.78 is 56.4. The van der Waals surface area contributed by atoms with Crippen LogP contribution >= 0.6 is 0 Å². The highest BCUT2D eigenvalue weighted by Gasteiger charge is 2.40. The molecule has 2 aromatic carbocycles. The zero-order valence-corrected chi connectivity index (χ0v) is 33.8. The third-order valence-electron chi connectivity index (χ3n) is 11.4. The van der Waals surface area contributed by atoms with E-state index in [0.717, 1.165) is 43.0 Å². The molecule has 0 aliphatic carbocycles. The first-order valence-electron chi connectivity index (χ1n) is 19.7. The monoisotopic (exact) mass is 842 g/mol. The number of hydrogen-bond acceptors (Lipinski definition) is 10. The molecule has 8 rings (SSSR count). The number of H-pyrrole nitrogens is 1. The van der Waals surface area contributed by atoms with Gasteiger partial charge in [0.15, 0.2) is 21.5 Å². The number of piperidine rings is 1. The van der Waals surface area contributed by atoms with Crippen molar-refractivity contribution in [3.63, 3.8) is 0 Å². The van der Waals surface area contributed by atoms with Crippen molar-refractivity contribution in [1.82, 2.24) is 30.1 Å². The summed E-state index contributed by atoms with van der Waals surface area (Å²) in [6.45, 7) is 1.26. The van der Waals surface area contributed by atoms with E-state index >= 15 is 4.39 Å². The van der Waals surface area contributed by atoms with Crippen molar-refractivity contribution in [2.24, 2.45) is 7.05 Å². The van der Waals surface area contributed by atoms with Crippen molar-refractivity contribution in [2.75, 3.05) is 29.6 Å². The largest absolute Gasteiger partial charge is 0.385 e. The molecule has 1 fully saturated rings. The molecule has 1 saturated heterocycles. The number of aliphatic hydroxyl groups is 1. The molecule has 60 heavy (non-hydrogen) atoms. The first-order chi connectivity index (χ1) is 28.7. The van der Waals surface area contributed by atoms with Crippen LogP contribution in [-0.2, 0) is 40.5 Å². The van der Waals surface area contributed by atoms with E-state index in [2.05, 4.69) is 25.9 Å². The molecule has 2 unspecified atom stereocenters. The van der Waals surface area contributed by atoms with E-state index in [1.54, 1.807) is 36.5 Å². The molecule has 5 N–H and O–H groups in total. The first kappa shape index (κ1) is 40.6. The van der Waals surface area contributed by atoms with Crippen LogP contribution in [0.25, 0.3) is 22.0 Å². The second-order valence-corrected chi connectivity index (χ2v) is 17.8. The van der Waals surface area contributed by atoms with Crippen molar-refractivity contribution in [3.8, 4) is 11.1 Å². The van der Waals surface area contributed by atoms with Crippen molar-refractivity contribution in [2.45, 2.75) is 69.6 Å². The van der Waals surface area contributed by atoms with Crippen LogP contribution in [0.1, 0.15) is 75.9 Å². The van der Waals surface area contributed by atoms with E-state index in [-0.39, 0.29) is 47.3 Å². The van der Waals surface area contributed by atoms with Crippen LogP contribution in [0.4, 0.5) is 26.0 Å². The highest BCUT2D eigenvalue weighted by atomic mass is 32.2. The number of fused-ring (bicyclic) bond motifs is 3. The number of carbonyl (C=O) groups is 3. The smallest absolute Gasteiger partial charge is 0.274 e. The number of sulfone groups is 1. The van der Waals surface area contributed by atoms with Crippen LogP contribution in [0.2, 0.25) is 0 Å². The molecule has 0 radical (unpaired) electrons. The first-order valence-corrected chi connectivity index (χ1v) is 21.8. The molecule has 0 bridgehead atoms. The van der Waals surface area contributed by atoms with Crippen LogP contribution in [0.5, 0.6) is 0 Å². The SMILES string of the molecule is Cn1cc2c3c(c[nH]c3c1=O)CN(c1ncc(F)cc1F)c1cc(C(=O)NCCCCCCNc3cccc4c3CN(C3CCC(=O)NC3O)C4=O)c(CS(C)(=O)=O)cc1-2. The van der Waals surface area contributed by atoms with Gasteiger partial charge in [0.2, 0.25) is 5.91 Å². The molecule has 15 nitrogen and oxygen atoms in total. The van der Waals surface area contributed by atoms with E-state index in [0.29, 0.717) is 77.4 Å². The summed E-state index contributed by atoms with van der Waals surface area (Å²) in [4.78, 5) is 62.1. The summed E-state index contributed by atoms with van der Waals surface area (Å²) in [7, 11) is -2.07. The summed E-state index contributed by atoms with van der Waals surface area (Å²) in [6.07, 6.45) is 7.75. The lowest BCUT2D eigenvalue weighted by atomic mass is 9.96. The molecule has 2 atom stereocenters. The number of aryl methyl sites for hydroxylation is 1. The summed E-state index contributed by atoms with van der Waals surface area (Å²) in [5.41, 5.74) is 4.47. The zero-order valence-electron chi connectivity index (χ0n) is 33.0. The number of amides is 3. The van der Waals surface area contributed by atoms with Gasteiger partial charge in [-0.25, -0.2) is 22.2 Å². The lowest BCUT2D eigenvalue weighted by molar-refractivity contribution is -0.129. The maximum absolute atomic E-state index is 15.5. The molecule has 3 amide bonds. The van der Waals surface area contributed by atoms with Gasteiger partial charge in [0.1, 0.15) is 17.6 Å². The number of nitrogens with one attached hydrogen (secondary N) is 4. The average molecular weight is 843 g/mol. The normalized spacial score (nSPS) is 17.4. The van der Waals surface area contributed by atoms with E-state index in [1.807, 2.05) is 12.1 Å². The molecule has 3 aliphatic rings. The van der Waals surface area contributed by atoms with E-state index < -0.39 is 45.4 Å². The summed E-state index contributed by atoms with van der Waals surface area (Å²) in [5, 5.41) is 19.8. The van der Waals surface area contributed by atoms with Crippen molar-refractivity contribution < 1.29 is 36.7 Å². The number of halogens is 2. The van der Waals surface area contributed by atoms with Crippen molar-refractivity contribution >= 4 is 55.7 Å². The Morgan fingerprint density at radius 2 is 1.80 bits per heavy atom.